The molecule has 1 atom stereocenters. The van der Waals surface area contributed by atoms with Crippen molar-refractivity contribution >= 4 is 0 Å². The van der Waals surface area contributed by atoms with E-state index in [0.717, 1.165) is 18.7 Å². The Morgan fingerprint density at radius 1 is 1.47 bits per heavy atom. The maximum absolute atomic E-state index is 9.90. The van der Waals surface area contributed by atoms with Gasteiger partial charge in [0.2, 0.25) is 0 Å². The van der Waals surface area contributed by atoms with Gasteiger partial charge in [0.25, 0.3) is 0 Å². The van der Waals surface area contributed by atoms with Crippen LogP contribution in [0.4, 0.5) is 0 Å². The number of nitrogens with zero attached hydrogens (tertiary/aromatic N) is 2. The SMILES string of the molecule is OC(c1cn[nH]c1)c1cnc(C2CC2)o1. The molecule has 2 aromatic rings. The van der Waals surface area contributed by atoms with Crippen molar-refractivity contribution in [1.29, 1.82) is 0 Å². The van der Waals surface area contributed by atoms with Crippen molar-refractivity contribution in [2.45, 2.75) is 24.9 Å². The standard InChI is InChI=1S/C10H11N3O2/c14-9(7-3-12-13-4-7)8-5-11-10(15-8)6-1-2-6/h3-6,9,14H,1-2H2,(H,12,13). The average Bonchev–Trinajstić information content (AvgIpc) is 2.83. The highest BCUT2D eigenvalue weighted by atomic mass is 16.4. The lowest BCUT2D eigenvalue weighted by molar-refractivity contribution is 0.186. The first-order valence-electron chi connectivity index (χ1n) is 4.97. The van der Waals surface area contributed by atoms with Crippen LogP contribution < -0.4 is 0 Å². The third kappa shape index (κ3) is 1.55. The molecular formula is C10H11N3O2. The summed E-state index contributed by atoms with van der Waals surface area (Å²) >= 11 is 0. The molecule has 0 saturated heterocycles. The Bertz CT molecular complexity index is 445. The molecule has 15 heavy (non-hydrogen) atoms. The minimum absolute atomic E-state index is 0.468. The van der Waals surface area contributed by atoms with Gasteiger partial charge in [-0.3, -0.25) is 5.10 Å². The van der Waals surface area contributed by atoms with Crippen molar-refractivity contribution < 1.29 is 9.52 Å². The Labute approximate surface area is 86.1 Å². The quantitative estimate of drug-likeness (QED) is 0.793. The molecule has 0 amide bonds. The normalized spacial score (nSPS) is 17.9. The van der Waals surface area contributed by atoms with Crippen LogP contribution in [0.2, 0.25) is 0 Å². The van der Waals surface area contributed by atoms with E-state index >= 15 is 0 Å². The van der Waals surface area contributed by atoms with E-state index in [2.05, 4.69) is 15.2 Å². The molecular weight excluding hydrogens is 194 g/mol. The molecule has 3 rings (SSSR count). The molecule has 2 heterocycles. The number of hydrogen-bond acceptors (Lipinski definition) is 4. The number of nitrogens with one attached hydrogen (secondary N) is 1. The molecule has 1 aliphatic rings. The maximum Gasteiger partial charge on any atom is 0.197 e. The van der Waals surface area contributed by atoms with Gasteiger partial charge in [0.05, 0.1) is 12.4 Å². The predicted molar refractivity (Wildman–Crippen MR) is 51.1 cm³/mol. The summed E-state index contributed by atoms with van der Waals surface area (Å²) in [5, 5.41) is 16.3. The Morgan fingerprint density at radius 3 is 3.00 bits per heavy atom. The van der Waals surface area contributed by atoms with Gasteiger partial charge in [0.1, 0.15) is 6.10 Å². The summed E-state index contributed by atoms with van der Waals surface area (Å²) in [6.45, 7) is 0. The summed E-state index contributed by atoms with van der Waals surface area (Å²) in [5.41, 5.74) is 0.688. The zero-order chi connectivity index (χ0) is 10.3. The van der Waals surface area contributed by atoms with Gasteiger partial charge in [-0.15, -0.1) is 0 Å². The first-order valence-corrected chi connectivity index (χ1v) is 4.97. The second-order valence-corrected chi connectivity index (χ2v) is 3.81. The number of aliphatic hydroxyl groups is 1. The lowest BCUT2D eigenvalue weighted by atomic mass is 10.2. The lowest BCUT2D eigenvalue weighted by Gasteiger charge is -2.02. The van der Waals surface area contributed by atoms with Gasteiger partial charge in [0, 0.05) is 17.7 Å². The first kappa shape index (κ1) is 8.67. The van der Waals surface area contributed by atoms with Crippen LogP contribution in [-0.2, 0) is 0 Å². The van der Waals surface area contributed by atoms with E-state index in [1.54, 1.807) is 18.6 Å². The molecule has 0 radical (unpaired) electrons. The topological polar surface area (TPSA) is 74.9 Å². The molecule has 1 unspecified atom stereocenters. The number of aromatic nitrogens is 3. The predicted octanol–water partition coefficient (Wildman–Crippen LogP) is 1.36. The Balaban J connectivity index is 1.85. The van der Waals surface area contributed by atoms with Crippen LogP contribution in [-0.4, -0.2) is 20.3 Å². The number of H-pyrrole nitrogens is 1. The largest absolute Gasteiger partial charge is 0.442 e. The fourth-order valence-electron chi connectivity index (χ4n) is 1.52. The molecule has 0 aliphatic heterocycles. The van der Waals surface area contributed by atoms with Crippen molar-refractivity contribution in [3.8, 4) is 0 Å². The van der Waals surface area contributed by atoms with E-state index in [1.807, 2.05) is 0 Å². The van der Waals surface area contributed by atoms with Crippen LogP contribution in [0.25, 0.3) is 0 Å². The zero-order valence-electron chi connectivity index (χ0n) is 8.05. The molecule has 0 spiro atoms. The summed E-state index contributed by atoms with van der Waals surface area (Å²) in [6, 6.07) is 0. The van der Waals surface area contributed by atoms with E-state index in [-0.39, 0.29) is 0 Å². The van der Waals surface area contributed by atoms with Crippen LogP contribution in [0.15, 0.2) is 23.0 Å². The second-order valence-electron chi connectivity index (χ2n) is 3.81. The summed E-state index contributed by atoms with van der Waals surface area (Å²) in [5.74, 6) is 1.70. The van der Waals surface area contributed by atoms with Crippen molar-refractivity contribution in [3.05, 3.63) is 35.8 Å². The fourth-order valence-corrected chi connectivity index (χ4v) is 1.52. The zero-order valence-corrected chi connectivity index (χ0v) is 8.05. The maximum atomic E-state index is 9.90. The number of aliphatic hydroxyl groups excluding tert-OH is 1. The minimum atomic E-state index is -0.774. The summed E-state index contributed by atoms with van der Waals surface area (Å²) in [7, 11) is 0. The Hall–Kier alpha value is -1.62. The average molecular weight is 205 g/mol. The third-order valence-electron chi connectivity index (χ3n) is 2.57. The molecule has 5 nitrogen and oxygen atoms in total. The molecule has 0 aromatic carbocycles. The van der Waals surface area contributed by atoms with Crippen LogP contribution in [0.3, 0.4) is 0 Å². The van der Waals surface area contributed by atoms with Gasteiger partial charge in [-0.2, -0.15) is 5.10 Å². The molecule has 1 aliphatic carbocycles. The number of aromatic amines is 1. The number of oxazole rings is 1. The van der Waals surface area contributed by atoms with Crippen molar-refractivity contribution in [2.24, 2.45) is 0 Å². The first-order chi connectivity index (χ1) is 7.34. The highest BCUT2D eigenvalue weighted by Crippen LogP contribution is 2.40. The molecule has 2 N–H and O–H groups in total. The van der Waals surface area contributed by atoms with Gasteiger partial charge < -0.3 is 9.52 Å². The monoisotopic (exact) mass is 205 g/mol. The van der Waals surface area contributed by atoms with Gasteiger partial charge in [0.15, 0.2) is 11.7 Å². The molecule has 78 valence electrons. The molecule has 1 fully saturated rings. The van der Waals surface area contributed by atoms with Crippen molar-refractivity contribution in [1.82, 2.24) is 15.2 Å². The van der Waals surface area contributed by atoms with E-state index in [1.165, 1.54) is 0 Å². The van der Waals surface area contributed by atoms with Crippen LogP contribution in [0.1, 0.15) is 42.1 Å². The molecule has 1 saturated carbocycles. The fraction of sp³-hybridized carbons (Fsp3) is 0.400. The summed E-state index contributed by atoms with van der Waals surface area (Å²) in [6.07, 6.45) is 6.31. The number of rotatable bonds is 3. The molecule has 0 bridgehead atoms. The third-order valence-corrected chi connectivity index (χ3v) is 2.57. The van der Waals surface area contributed by atoms with E-state index < -0.39 is 6.10 Å². The highest BCUT2D eigenvalue weighted by molar-refractivity contribution is 5.18. The van der Waals surface area contributed by atoms with Crippen molar-refractivity contribution in [2.75, 3.05) is 0 Å². The smallest absolute Gasteiger partial charge is 0.197 e. The lowest BCUT2D eigenvalue weighted by Crippen LogP contribution is -1.95. The Kier molecular flexibility index (Phi) is 1.85. The van der Waals surface area contributed by atoms with Crippen LogP contribution in [0, 0.1) is 0 Å². The van der Waals surface area contributed by atoms with Crippen LogP contribution in [0.5, 0.6) is 0 Å². The highest BCUT2D eigenvalue weighted by Gasteiger charge is 2.29. The van der Waals surface area contributed by atoms with Gasteiger partial charge >= 0.3 is 0 Å². The molecule has 5 heteroatoms. The summed E-state index contributed by atoms with van der Waals surface area (Å²) in [4.78, 5) is 4.15. The van der Waals surface area contributed by atoms with Gasteiger partial charge in [-0.25, -0.2) is 4.98 Å². The van der Waals surface area contributed by atoms with Gasteiger partial charge in [-0.1, -0.05) is 0 Å². The Morgan fingerprint density at radius 2 is 2.33 bits per heavy atom. The van der Waals surface area contributed by atoms with Crippen molar-refractivity contribution in [3.63, 3.8) is 0 Å². The van der Waals surface area contributed by atoms with Crippen LogP contribution >= 0.6 is 0 Å². The number of hydrogen-bond donors (Lipinski definition) is 2. The van der Waals surface area contributed by atoms with E-state index in [4.69, 9.17) is 4.42 Å². The van der Waals surface area contributed by atoms with E-state index in [9.17, 15) is 5.11 Å². The molecule has 2 aromatic heterocycles. The second kappa shape index (κ2) is 3.20. The van der Waals surface area contributed by atoms with E-state index in [0.29, 0.717) is 17.2 Å². The van der Waals surface area contributed by atoms with Gasteiger partial charge in [-0.05, 0) is 12.8 Å². The minimum Gasteiger partial charge on any atom is -0.442 e. The summed E-state index contributed by atoms with van der Waals surface area (Å²) < 4.78 is 5.49.